The first kappa shape index (κ1) is 30.9. The molecule has 3 fully saturated rings. The molecular formula is C35H28F3N3O5S2. The van der Waals surface area contributed by atoms with Gasteiger partial charge in [0.1, 0.15) is 5.75 Å². The minimum absolute atomic E-state index is 0.00686. The van der Waals surface area contributed by atoms with Gasteiger partial charge in [0.25, 0.3) is 5.91 Å². The van der Waals surface area contributed by atoms with Crippen LogP contribution < -0.4 is 19.8 Å². The topological polar surface area (TPSA) is 109 Å². The Morgan fingerprint density at radius 2 is 1.71 bits per heavy atom. The lowest BCUT2D eigenvalue weighted by Crippen LogP contribution is -2.42. The molecule has 3 aromatic carbocycles. The highest BCUT2D eigenvalue weighted by Crippen LogP contribution is 2.69. The summed E-state index contributed by atoms with van der Waals surface area (Å²) >= 11 is 2.69. The zero-order chi connectivity index (χ0) is 33.5. The summed E-state index contributed by atoms with van der Waals surface area (Å²) < 4.78 is 45.6. The molecule has 246 valence electrons. The maximum absolute atomic E-state index is 14.0. The monoisotopic (exact) mass is 691 g/mol. The van der Waals surface area contributed by atoms with Crippen LogP contribution in [0.4, 0.5) is 24.5 Å². The number of rotatable bonds is 6. The van der Waals surface area contributed by atoms with Gasteiger partial charge in [-0.3, -0.25) is 24.1 Å². The van der Waals surface area contributed by atoms with Gasteiger partial charge in [-0.2, -0.15) is 13.2 Å². The lowest BCUT2D eigenvalue weighted by Gasteiger charge is -2.43. The highest BCUT2D eigenvalue weighted by molar-refractivity contribution is 8.00. The third-order valence-corrected chi connectivity index (χ3v) is 12.7. The Bertz CT molecular complexity index is 2030. The molecule has 3 amide bonds. The third-order valence-electron chi connectivity index (χ3n) is 10.1. The molecule has 2 N–H and O–H groups in total. The van der Waals surface area contributed by atoms with E-state index in [1.807, 2.05) is 31.2 Å². The van der Waals surface area contributed by atoms with Gasteiger partial charge in [0.15, 0.2) is 6.61 Å². The van der Waals surface area contributed by atoms with E-state index in [2.05, 4.69) is 10.3 Å². The summed E-state index contributed by atoms with van der Waals surface area (Å²) in [6.07, 6.45) is -3.83. The predicted octanol–water partition coefficient (Wildman–Crippen LogP) is 6.46. The average Bonchev–Trinajstić information content (AvgIpc) is 3.79. The number of anilines is 2. The number of ether oxygens (including phenoxy) is 1. The Balaban J connectivity index is 1.09. The number of carbonyl (C=O) groups is 3. The van der Waals surface area contributed by atoms with E-state index in [9.17, 15) is 32.3 Å². The fourth-order valence-electron chi connectivity index (χ4n) is 8.30. The Hall–Kier alpha value is -4.36. The number of aromatic amines is 1. The Morgan fingerprint density at radius 1 is 0.979 bits per heavy atom. The minimum atomic E-state index is -4.55. The van der Waals surface area contributed by atoms with Gasteiger partial charge in [-0.25, -0.2) is 0 Å². The van der Waals surface area contributed by atoms with Crippen molar-refractivity contribution in [2.24, 2.45) is 29.6 Å². The fraction of sp³-hybridized carbons (Fsp3) is 0.314. The molecule has 0 spiro atoms. The number of para-hydroxylation sites is 1. The van der Waals surface area contributed by atoms with Crippen molar-refractivity contribution in [1.82, 2.24) is 4.98 Å². The van der Waals surface area contributed by atoms with Crippen molar-refractivity contribution in [3.8, 4) is 5.75 Å². The van der Waals surface area contributed by atoms with E-state index in [0.717, 1.165) is 50.9 Å². The molecule has 7 atom stereocenters. The molecule has 8 rings (SSSR count). The van der Waals surface area contributed by atoms with Crippen LogP contribution in [0.5, 0.6) is 5.75 Å². The molecule has 4 aliphatic rings. The second-order valence-electron chi connectivity index (χ2n) is 12.8. The number of aromatic nitrogens is 1. The van der Waals surface area contributed by atoms with Crippen LogP contribution in [-0.2, 0) is 20.6 Å². The molecule has 8 nitrogen and oxygen atoms in total. The van der Waals surface area contributed by atoms with Crippen LogP contribution in [0.3, 0.4) is 0 Å². The third kappa shape index (κ3) is 4.97. The number of nitrogens with zero attached hydrogens (tertiary/aromatic N) is 1. The van der Waals surface area contributed by atoms with Crippen molar-refractivity contribution in [2.75, 3.05) is 16.8 Å². The molecule has 2 saturated carbocycles. The lowest BCUT2D eigenvalue weighted by atomic mass is 9.68. The standard InChI is InChI=1S/C35H28F3N3O5S2/c1-16-9-11-19(12-10-16)41-32(43)27-21-14-22(28(27)33(41)44)29-26(21)25(30-31(47-29)40-34(45)48-30)20-7-2-3-8-23(20)46-15-24(42)39-18-6-4-5-17(13-18)35(36,37)38/h2-13,21-22,25-29H,14-15H2,1H3,(H,39,42)(H,40,45)/t21-,22-,25+,26-,27+,28+,29-/m1/s1. The number of hydrogen-bond acceptors (Lipinski definition) is 7. The van der Waals surface area contributed by atoms with E-state index >= 15 is 0 Å². The normalized spacial score (nSPS) is 27.1. The van der Waals surface area contributed by atoms with Crippen LogP contribution in [0, 0.1) is 36.5 Å². The van der Waals surface area contributed by atoms with Gasteiger partial charge < -0.3 is 15.0 Å². The van der Waals surface area contributed by atoms with E-state index in [-0.39, 0.29) is 51.3 Å². The highest BCUT2D eigenvalue weighted by atomic mass is 32.2. The number of imide groups is 1. The summed E-state index contributed by atoms with van der Waals surface area (Å²) in [5.41, 5.74) is 1.45. The zero-order valence-corrected chi connectivity index (χ0v) is 27.0. The summed E-state index contributed by atoms with van der Waals surface area (Å²) in [6, 6.07) is 19.0. The smallest absolute Gasteiger partial charge is 0.416 e. The molecule has 4 aromatic rings. The molecular weight excluding hydrogens is 664 g/mol. The Morgan fingerprint density at radius 3 is 2.46 bits per heavy atom. The molecule has 0 unspecified atom stereocenters. The number of thiazole rings is 1. The number of hydrogen-bond donors (Lipinski definition) is 2. The van der Waals surface area contributed by atoms with E-state index in [1.54, 1.807) is 36.0 Å². The summed E-state index contributed by atoms with van der Waals surface area (Å²) in [4.78, 5) is 58.4. The number of alkyl halides is 3. The number of nitrogens with one attached hydrogen (secondary N) is 2. The number of benzene rings is 3. The molecule has 1 aromatic heterocycles. The maximum Gasteiger partial charge on any atom is 0.416 e. The molecule has 3 heterocycles. The summed E-state index contributed by atoms with van der Waals surface area (Å²) in [5.74, 6) is -2.11. The highest BCUT2D eigenvalue weighted by Gasteiger charge is 2.69. The van der Waals surface area contributed by atoms with E-state index in [0.29, 0.717) is 11.4 Å². The van der Waals surface area contributed by atoms with Crippen LogP contribution in [0.1, 0.15) is 33.9 Å². The van der Waals surface area contributed by atoms with E-state index in [4.69, 9.17) is 4.74 Å². The first-order valence-electron chi connectivity index (χ1n) is 15.5. The Labute approximate surface area is 280 Å². The van der Waals surface area contributed by atoms with Crippen molar-refractivity contribution in [2.45, 2.75) is 35.7 Å². The van der Waals surface area contributed by atoms with Gasteiger partial charge in [0.05, 0.1) is 28.1 Å². The predicted molar refractivity (Wildman–Crippen MR) is 174 cm³/mol. The van der Waals surface area contributed by atoms with Gasteiger partial charge in [-0.1, -0.05) is 53.3 Å². The summed E-state index contributed by atoms with van der Waals surface area (Å²) in [5, 5.41) is 3.18. The Kier molecular flexibility index (Phi) is 7.33. The van der Waals surface area contributed by atoms with Crippen LogP contribution >= 0.6 is 23.1 Å². The number of H-pyrrole nitrogens is 1. The van der Waals surface area contributed by atoms with E-state index < -0.39 is 36.1 Å². The number of fused-ring (bicyclic) bond motifs is 9. The minimum Gasteiger partial charge on any atom is -0.483 e. The molecule has 48 heavy (non-hydrogen) atoms. The largest absolute Gasteiger partial charge is 0.483 e. The van der Waals surface area contributed by atoms with Crippen molar-refractivity contribution in [3.05, 3.63) is 104 Å². The van der Waals surface area contributed by atoms with Crippen molar-refractivity contribution in [3.63, 3.8) is 0 Å². The average molecular weight is 692 g/mol. The number of halogens is 3. The summed E-state index contributed by atoms with van der Waals surface area (Å²) in [7, 11) is 0. The van der Waals surface area contributed by atoms with Crippen molar-refractivity contribution < 1.29 is 32.3 Å². The lowest BCUT2D eigenvalue weighted by molar-refractivity contribution is -0.137. The maximum atomic E-state index is 14.0. The van der Waals surface area contributed by atoms with Crippen LogP contribution in [0.25, 0.3) is 0 Å². The second-order valence-corrected chi connectivity index (χ2v) is 15.0. The molecule has 2 aliphatic heterocycles. The zero-order valence-electron chi connectivity index (χ0n) is 25.3. The second kappa shape index (κ2) is 11.4. The molecule has 0 radical (unpaired) electrons. The van der Waals surface area contributed by atoms with Gasteiger partial charge in [-0.15, -0.1) is 11.8 Å². The molecule has 2 bridgehead atoms. The molecule has 2 aliphatic carbocycles. The summed E-state index contributed by atoms with van der Waals surface area (Å²) in [6.45, 7) is 1.48. The van der Waals surface area contributed by atoms with Crippen molar-refractivity contribution >= 4 is 52.2 Å². The first-order chi connectivity index (χ1) is 23.0. The van der Waals surface area contributed by atoms with Gasteiger partial charge in [0.2, 0.25) is 11.8 Å². The van der Waals surface area contributed by atoms with Gasteiger partial charge in [-0.05, 0) is 67.5 Å². The quantitative estimate of drug-likeness (QED) is 0.225. The van der Waals surface area contributed by atoms with Crippen LogP contribution in [-0.4, -0.2) is 34.6 Å². The molecule has 1 saturated heterocycles. The first-order valence-corrected chi connectivity index (χ1v) is 17.2. The van der Waals surface area contributed by atoms with Gasteiger partial charge >= 0.3 is 11.0 Å². The SMILES string of the molecule is Cc1ccc(N2C(=O)[C@H]3[C@H]4C[C@@H]([C@@H]3C2=O)[C@@H]2[C@H](c3ccccc3OCC(=O)Nc3cccc(C(F)(F)F)c3)c3sc(=O)[nH]c3S[C@H]42)cc1. The number of amides is 3. The van der Waals surface area contributed by atoms with Gasteiger partial charge in [0, 0.05) is 27.3 Å². The molecule has 13 heteroatoms. The fourth-order valence-corrected chi connectivity index (χ4v) is 11.2. The number of carbonyl (C=O) groups excluding carboxylic acids is 3. The van der Waals surface area contributed by atoms with E-state index in [1.165, 1.54) is 17.0 Å². The van der Waals surface area contributed by atoms with Crippen LogP contribution in [0.15, 0.2) is 82.6 Å². The van der Waals surface area contributed by atoms with Crippen molar-refractivity contribution in [1.29, 1.82) is 0 Å². The van der Waals surface area contributed by atoms with Crippen LogP contribution in [0.2, 0.25) is 0 Å². The number of thioether (sulfide) groups is 1. The number of aryl methyl sites for hydroxylation is 1.